The van der Waals surface area contributed by atoms with Crippen molar-refractivity contribution in [3.05, 3.63) is 22.8 Å². The van der Waals surface area contributed by atoms with Gasteiger partial charge in [0, 0.05) is 26.3 Å². The van der Waals surface area contributed by atoms with Crippen molar-refractivity contribution in [1.29, 1.82) is 0 Å². The van der Waals surface area contributed by atoms with Crippen LogP contribution in [0.2, 0.25) is 5.02 Å². The largest absolute Gasteiger partial charge is 0.372 e. The fourth-order valence-electron chi connectivity index (χ4n) is 2.85. The maximum absolute atomic E-state index is 12.7. The molecule has 0 spiro atoms. The van der Waals surface area contributed by atoms with Crippen molar-refractivity contribution in [1.82, 2.24) is 9.88 Å². The zero-order valence-corrected chi connectivity index (χ0v) is 13.9. The standard InChI is InChI=1S/C15H22ClN3O2/c1-14(2)8-19(9-15(3,4)21-14)13(20)10-6-11(16)12(17-5)18-7-10/h6-7H,8-9H2,1-5H3,(H,17,18). The number of carbonyl (C=O) groups excluding carboxylic acids is 1. The van der Waals surface area contributed by atoms with E-state index < -0.39 is 0 Å². The van der Waals surface area contributed by atoms with Crippen molar-refractivity contribution < 1.29 is 9.53 Å². The van der Waals surface area contributed by atoms with Crippen LogP contribution in [0.15, 0.2) is 12.3 Å². The average molecular weight is 312 g/mol. The quantitative estimate of drug-likeness (QED) is 0.912. The number of ether oxygens (including phenoxy) is 1. The van der Waals surface area contributed by atoms with E-state index in [4.69, 9.17) is 16.3 Å². The molecule has 0 aromatic carbocycles. The average Bonchev–Trinajstić information content (AvgIpc) is 2.34. The number of nitrogens with one attached hydrogen (secondary N) is 1. The smallest absolute Gasteiger partial charge is 0.255 e. The Morgan fingerprint density at radius 1 is 1.33 bits per heavy atom. The minimum absolute atomic E-state index is 0.0727. The lowest BCUT2D eigenvalue weighted by Crippen LogP contribution is -2.58. The van der Waals surface area contributed by atoms with E-state index >= 15 is 0 Å². The van der Waals surface area contributed by atoms with Gasteiger partial charge in [-0.15, -0.1) is 0 Å². The van der Waals surface area contributed by atoms with Gasteiger partial charge < -0.3 is 15.0 Å². The van der Waals surface area contributed by atoms with E-state index in [1.165, 1.54) is 0 Å². The highest BCUT2D eigenvalue weighted by Crippen LogP contribution is 2.29. The monoisotopic (exact) mass is 311 g/mol. The van der Waals surface area contributed by atoms with Gasteiger partial charge in [0.1, 0.15) is 5.82 Å². The molecule has 1 aromatic rings. The van der Waals surface area contributed by atoms with Crippen LogP contribution in [0, 0.1) is 0 Å². The zero-order valence-electron chi connectivity index (χ0n) is 13.2. The molecule has 1 N–H and O–H groups in total. The third-order valence-corrected chi connectivity index (χ3v) is 3.60. The molecule has 0 aliphatic carbocycles. The number of anilines is 1. The van der Waals surface area contributed by atoms with Gasteiger partial charge in [-0.05, 0) is 33.8 Å². The Morgan fingerprint density at radius 3 is 2.38 bits per heavy atom. The van der Waals surface area contributed by atoms with E-state index in [0.717, 1.165) is 0 Å². The number of nitrogens with zero attached hydrogens (tertiary/aromatic N) is 2. The second-order valence-electron chi connectivity index (χ2n) is 6.59. The molecular formula is C15H22ClN3O2. The second-order valence-corrected chi connectivity index (χ2v) is 6.99. The van der Waals surface area contributed by atoms with Crippen molar-refractivity contribution >= 4 is 23.3 Å². The normalized spacial score (nSPS) is 20.2. The Balaban J connectivity index is 2.25. The van der Waals surface area contributed by atoms with Gasteiger partial charge in [-0.2, -0.15) is 0 Å². The van der Waals surface area contributed by atoms with E-state index in [9.17, 15) is 4.79 Å². The number of hydrogen-bond acceptors (Lipinski definition) is 4. The fourth-order valence-corrected chi connectivity index (χ4v) is 3.11. The molecule has 1 amide bonds. The van der Waals surface area contributed by atoms with E-state index in [-0.39, 0.29) is 17.1 Å². The number of rotatable bonds is 2. The van der Waals surface area contributed by atoms with Gasteiger partial charge in [0.15, 0.2) is 0 Å². The van der Waals surface area contributed by atoms with Crippen LogP contribution in [-0.4, -0.2) is 47.1 Å². The summed E-state index contributed by atoms with van der Waals surface area (Å²) in [6.45, 7) is 9.04. The molecule has 2 heterocycles. The van der Waals surface area contributed by atoms with Crippen LogP contribution in [0.3, 0.4) is 0 Å². The highest BCUT2D eigenvalue weighted by atomic mass is 35.5. The summed E-state index contributed by atoms with van der Waals surface area (Å²) in [5, 5.41) is 3.32. The van der Waals surface area contributed by atoms with Crippen molar-refractivity contribution in [2.75, 3.05) is 25.5 Å². The van der Waals surface area contributed by atoms with Gasteiger partial charge in [-0.25, -0.2) is 4.98 Å². The third kappa shape index (κ3) is 3.66. The summed E-state index contributed by atoms with van der Waals surface area (Å²) < 4.78 is 5.99. The van der Waals surface area contributed by atoms with Gasteiger partial charge in [-0.3, -0.25) is 4.79 Å². The topological polar surface area (TPSA) is 54.5 Å². The lowest BCUT2D eigenvalue weighted by molar-refractivity contribution is -0.171. The number of aromatic nitrogens is 1. The molecule has 1 saturated heterocycles. The van der Waals surface area contributed by atoms with Gasteiger partial charge >= 0.3 is 0 Å². The van der Waals surface area contributed by atoms with Gasteiger partial charge in [0.25, 0.3) is 5.91 Å². The Labute approximate surface area is 130 Å². The molecular weight excluding hydrogens is 290 g/mol. The number of amides is 1. The van der Waals surface area contributed by atoms with E-state index in [0.29, 0.717) is 29.5 Å². The van der Waals surface area contributed by atoms with Crippen LogP contribution in [0.1, 0.15) is 38.1 Å². The lowest BCUT2D eigenvalue weighted by Gasteiger charge is -2.47. The molecule has 0 radical (unpaired) electrons. The van der Waals surface area contributed by atoms with Crippen LogP contribution in [-0.2, 0) is 4.74 Å². The number of pyridine rings is 1. The maximum atomic E-state index is 12.7. The maximum Gasteiger partial charge on any atom is 0.255 e. The number of morpholine rings is 1. The lowest BCUT2D eigenvalue weighted by atomic mass is 9.98. The summed E-state index contributed by atoms with van der Waals surface area (Å²) in [5.41, 5.74) is -0.258. The van der Waals surface area contributed by atoms with Crippen LogP contribution in [0.5, 0.6) is 0 Å². The Morgan fingerprint density at radius 2 is 1.90 bits per heavy atom. The molecule has 5 nitrogen and oxygen atoms in total. The molecule has 0 bridgehead atoms. The number of halogens is 1. The van der Waals surface area contributed by atoms with Gasteiger partial charge in [0.05, 0.1) is 21.8 Å². The molecule has 21 heavy (non-hydrogen) atoms. The summed E-state index contributed by atoms with van der Waals surface area (Å²) in [5.74, 6) is 0.493. The molecule has 0 atom stereocenters. The highest BCUT2D eigenvalue weighted by Gasteiger charge is 2.40. The molecule has 0 unspecified atom stereocenters. The van der Waals surface area contributed by atoms with Gasteiger partial charge in [-0.1, -0.05) is 11.6 Å². The van der Waals surface area contributed by atoms with Crippen molar-refractivity contribution in [3.63, 3.8) is 0 Å². The summed E-state index contributed by atoms with van der Waals surface area (Å²) in [6, 6.07) is 1.65. The Bertz CT molecular complexity index is 542. The minimum Gasteiger partial charge on any atom is -0.372 e. The van der Waals surface area contributed by atoms with Crippen LogP contribution < -0.4 is 5.32 Å². The summed E-state index contributed by atoms with van der Waals surface area (Å²) in [4.78, 5) is 18.6. The molecule has 0 saturated carbocycles. The first-order valence-electron chi connectivity index (χ1n) is 6.96. The van der Waals surface area contributed by atoms with Gasteiger partial charge in [0.2, 0.25) is 0 Å². The first-order valence-corrected chi connectivity index (χ1v) is 7.34. The van der Waals surface area contributed by atoms with E-state index in [1.807, 2.05) is 27.7 Å². The summed E-state index contributed by atoms with van der Waals surface area (Å²) >= 11 is 6.10. The predicted octanol–water partition coefficient (Wildman–Crippen LogP) is 2.81. The van der Waals surface area contributed by atoms with E-state index in [1.54, 1.807) is 24.2 Å². The molecule has 1 aliphatic heterocycles. The molecule has 1 aliphatic rings. The molecule has 2 rings (SSSR count). The fraction of sp³-hybridized carbons (Fsp3) is 0.600. The van der Waals surface area contributed by atoms with Crippen LogP contribution in [0.25, 0.3) is 0 Å². The Hall–Kier alpha value is -1.33. The number of hydrogen-bond donors (Lipinski definition) is 1. The first kappa shape index (κ1) is 16.0. The van der Waals surface area contributed by atoms with Crippen LogP contribution >= 0.6 is 11.6 Å². The second kappa shape index (κ2) is 5.46. The third-order valence-electron chi connectivity index (χ3n) is 3.31. The molecule has 1 aromatic heterocycles. The zero-order chi connectivity index (χ0) is 15.8. The van der Waals surface area contributed by atoms with Crippen molar-refractivity contribution in [2.24, 2.45) is 0 Å². The number of carbonyl (C=O) groups is 1. The Kier molecular flexibility index (Phi) is 4.17. The molecule has 6 heteroatoms. The highest BCUT2D eigenvalue weighted by molar-refractivity contribution is 6.33. The van der Waals surface area contributed by atoms with Crippen molar-refractivity contribution in [3.8, 4) is 0 Å². The predicted molar refractivity (Wildman–Crippen MR) is 83.9 cm³/mol. The summed E-state index contributed by atoms with van der Waals surface area (Å²) in [6.07, 6.45) is 1.55. The van der Waals surface area contributed by atoms with E-state index in [2.05, 4.69) is 10.3 Å². The first-order chi connectivity index (χ1) is 9.63. The van der Waals surface area contributed by atoms with Crippen LogP contribution in [0.4, 0.5) is 5.82 Å². The molecule has 1 fully saturated rings. The SMILES string of the molecule is CNc1ncc(C(=O)N2CC(C)(C)OC(C)(C)C2)cc1Cl. The summed E-state index contributed by atoms with van der Waals surface area (Å²) in [7, 11) is 1.74. The van der Waals surface area contributed by atoms with Crippen molar-refractivity contribution in [2.45, 2.75) is 38.9 Å². The molecule has 116 valence electrons. The minimum atomic E-state index is -0.375.